The van der Waals surface area contributed by atoms with Crippen molar-refractivity contribution in [3.05, 3.63) is 42.5 Å². The minimum Gasteiger partial charge on any atom is -0.259 e. The molecule has 0 aliphatic rings. The summed E-state index contributed by atoms with van der Waals surface area (Å²) in [4.78, 5) is 4.24. The summed E-state index contributed by atoms with van der Waals surface area (Å²) in [7, 11) is 0. The molecule has 0 spiro atoms. The van der Waals surface area contributed by atoms with Gasteiger partial charge in [0.25, 0.3) is 0 Å². The molecule has 0 saturated carbocycles. The molecule has 2 heterocycles. The van der Waals surface area contributed by atoms with E-state index in [0.29, 0.717) is 0 Å². The van der Waals surface area contributed by atoms with Crippen molar-refractivity contribution >= 4 is 22.9 Å². The van der Waals surface area contributed by atoms with Crippen molar-refractivity contribution in [3.8, 4) is 5.69 Å². The third kappa shape index (κ3) is 1.58. The topological polar surface area (TPSA) is 21.7 Å². The summed E-state index contributed by atoms with van der Waals surface area (Å²) in [6.45, 7) is 2.01. The van der Waals surface area contributed by atoms with Crippen LogP contribution in [-0.4, -0.2) is 9.67 Å². The van der Waals surface area contributed by atoms with Crippen molar-refractivity contribution in [2.24, 2.45) is 0 Å². The van der Waals surface area contributed by atoms with E-state index in [-0.39, 0.29) is 0 Å². The molecule has 0 amide bonds. The van der Waals surface area contributed by atoms with Crippen LogP contribution in [0.4, 0.5) is 0 Å². The van der Waals surface area contributed by atoms with E-state index in [1.54, 1.807) is 6.20 Å². The second-order valence-electron chi connectivity index (χ2n) is 2.73. The normalized spacial score (nSPS) is 10.3. The lowest BCUT2D eigenvalue weighted by molar-refractivity contribution is -0.531. The molecule has 0 radical (unpaired) electrons. The van der Waals surface area contributed by atoms with E-state index < -0.39 is 0 Å². The summed E-state index contributed by atoms with van der Waals surface area (Å²) in [6.07, 6.45) is 5.81. The van der Waals surface area contributed by atoms with Crippen LogP contribution >= 0.6 is 22.9 Å². The molecule has 0 bridgehead atoms. The molecule has 3 nitrogen and oxygen atoms in total. The fraction of sp³-hybridized carbons (Fsp3) is 0.111. The molecule has 0 aliphatic carbocycles. The standard InChI is InChI=1S/C9H9IN3/c1-8-9(4-2-5-11-8)12-6-3-7-13(12)10/h2-7H,1H3/q+1. The van der Waals surface area contributed by atoms with Crippen molar-refractivity contribution in [2.75, 3.05) is 0 Å². The highest BCUT2D eigenvalue weighted by molar-refractivity contribution is 14.1. The smallest absolute Gasteiger partial charge is 0.259 e. The number of aryl methyl sites for hydroxylation is 1. The van der Waals surface area contributed by atoms with Gasteiger partial charge in [-0.3, -0.25) is 4.98 Å². The van der Waals surface area contributed by atoms with Gasteiger partial charge in [0.15, 0.2) is 0 Å². The van der Waals surface area contributed by atoms with Gasteiger partial charge in [-0.15, -0.1) is 4.68 Å². The number of rotatable bonds is 1. The molecule has 0 N–H and O–H groups in total. The molecule has 66 valence electrons. The van der Waals surface area contributed by atoms with Gasteiger partial charge in [-0.05, 0) is 22.0 Å². The second kappa shape index (κ2) is 3.45. The fourth-order valence-electron chi connectivity index (χ4n) is 1.23. The van der Waals surface area contributed by atoms with E-state index in [0.717, 1.165) is 11.4 Å². The Kier molecular flexibility index (Phi) is 2.30. The van der Waals surface area contributed by atoms with Gasteiger partial charge < -0.3 is 0 Å². The Morgan fingerprint density at radius 3 is 2.92 bits per heavy atom. The highest BCUT2D eigenvalue weighted by Crippen LogP contribution is 2.08. The van der Waals surface area contributed by atoms with E-state index >= 15 is 0 Å². The van der Waals surface area contributed by atoms with Gasteiger partial charge in [-0.25, -0.2) is 0 Å². The van der Waals surface area contributed by atoms with Crippen LogP contribution in [0.25, 0.3) is 5.69 Å². The molecule has 2 aromatic rings. The first-order valence-corrected chi connectivity index (χ1v) is 4.93. The highest BCUT2D eigenvalue weighted by Gasteiger charge is 2.09. The van der Waals surface area contributed by atoms with E-state index in [2.05, 4.69) is 33.9 Å². The Morgan fingerprint density at radius 2 is 2.31 bits per heavy atom. The maximum absolute atomic E-state index is 4.24. The molecule has 4 heteroatoms. The lowest BCUT2D eigenvalue weighted by atomic mass is 10.3. The lowest BCUT2D eigenvalue weighted by Crippen LogP contribution is -2.29. The third-order valence-corrected chi connectivity index (χ3v) is 2.65. The quantitative estimate of drug-likeness (QED) is 0.731. The average Bonchev–Trinajstić information content (AvgIpc) is 2.52. The van der Waals surface area contributed by atoms with Crippen LogP contribution in [0.5, 0.6) is 0 Å². The summed E-state index contributed by atoms with van der Waals surface area (Å²) in [5.74, 6) is 0. The molecule has 0 saturated heterocycles. The van der Waals surface area contributed by atoms with Crippen molar-refractivity contribution in [1.82, 2.24) is 9.67 Å². The molecule has 0 atom stereocenters. The molecule has 0 unspecified atom stereocenters. The van der Waals surface area contributed by atoms with Gasteiger partial charge in [0.2, 0.25) is 6.20 Å². The largest absolute Gasteiger partial charge is 0.382 e. The average molecular weight is 286 g/mol. The summed E-state index contributed by atoms with van der Waals surface area (Å²) in [5.41, 5.74) is 2.14. The fourth-order valence-corrected chi connectivity index (χ4v) is 1.79. The molecule has 2 rings (SSSR count). The van der Waals surface area contributed by atoms with Gasteiger partial charge in [-0.2, -0.15) is 0 Å². The maximum atomic E-state index is 4.24. The number of hydrogen-bond donors (Lipinski definition) is 0. The van der Waals surface area contributed by atoms with Gasteiger partial charge in [0.05, 0.1) is 11.9 Å². The first kappa shape index (κ1) is 8.68. The van der Waals surface area contributed by atoms with Crippen molar-refractivity contribution in [3.63, 3.8) is 0 Å². The van der Waals surface area contributed by atoms with Crippen LogP contribution in [0.2, 0.25) is 0 Å². The van der Waals surface area contributed by atoms with Crippen molar-refractivity contribution in [2.45, 2.75) is 6.92 Å². The lowest BCUT2D eigenvalue weighted by Gasteiger charge is -2.00. The Labute approximate surface area is 90.5 Å². The Balaban J connectivity index is 2.59. The first-order valence-electron chi connectivity index (χ1n) is 3.96. The van der Waals surface area contributed by atoms with Crippen LogP contribution in [0.1, 0.15) is 5.69 Å². The molecule has 0 aromatic carbocycles. The maximum Gasteiger partial charge on any atom is 0.382 e. The van der Waals surface area contributed by atoms with Crippen LogP contribution in [0.15, 0.2) is 36.8 Å². The Hall–Kier alpha value is -0.910. The minimum absolute atomic E-state index is 1.03. The first-order chi connectivity index (χ1) is 6.29. The van der Waals surface area contributed by atoms with Crippen LogP contribution in [-0.2, 0) is 0 Å². The van der Waals surface area contributed by atoms with E-state index in [1.807, 2.05) is 39.0 Å². The Bertz CT molecular complexity index is 422. The Morgan fingerprint density at radius 1 is 1.46 bits per heavy atom. The summed E-state index contributed by atoms with van der Waals surface area (Å²) in [6, 6.07) is 6.00. The predicted molar refractivity (Wildman–Crippen MR) is 57.9 cm³/mol. The minimum atomic E-state index is 1.03. The number of nitrogens with zero attached hydrogens (tertiary/aromatic N) is 3. The summed E-state index contributed by atoms with van der Waals surface area (Å²) < 4.78 is 4.03. The number of hydrogen-bond acceptors (Lipinski definition) is 1. The second-order valence-corrected chi connectivity index (χ2v) is 3.72. The molecule has 2 aromatic heterocycles. The van der Waals surface area contributed by atoms with Gasteiger partial charge >= 0.3 is 22.9 Å². The number of pyridine rings is 1. The molecule has 0 fully saturated rings. The molecular formula is C9H9IN3+. The van der Waals surface area contributed by atoms with Crippen molar-refractivity contribution in [1.29, 1.82) is 0 Å². The zero-order valence-corrected chi connectivity index (χ0v) is 9.34. The molecule has 13 heavy (non-hydrogen) atoms. The zero-order valence-electron chi connectivity index (χ0n) is 7.18. The SMILES string of the molecule is Cc1ncccc1-n1ccc[n+]1I. The van der Waals surface area contributed by atoms with Crippen LogP contribution < -0.4 is 2.90 Å². The van der Waals surface area contributed by atoms with Gasteiger partial charge in [0, 0.05) is 12.3 Å². The third-order valence-electron chi connectivity index (χ3n) is 1.87. The number of halogens is 1. The number of aromatic nitrogens is 3. The van der Waals surface area contributed by atoms with E-state index in [9.17, 15) is 0 Å². The monoisotopic (exact) mass is 286 g/mol. The molecular weight excluding hydrogens is 277 g/mol. The van der Waals surface area contributed by atoms with Crippen LogP contribution in [0.3, 0.4) is 0 Å². The van der Waals surface area contributed by atoms with Crippen LogP contribution in [0, 0.1) is 6.92 Å². The zero-order chi connectivity index (χ0) is 9.26. The summed E-state index contributed by atoms with van der Waals surface area (Å²) >= 11 is 2.23. The predicted octanol–water partition coefficient (Wildman–Crippen LogP) is 1.67. The highest BCUT2D eigenvalue weighted by atomic mass is 127. The van der Waals surface area contributed by atoms with Gasteiger partial charge in [0.1, 0.15) is 5.69 Å². The van der Waals surface area contributed by atoms with Gasteiger partial charge in [-0.1, -0.05) is 0 Å². The van der Waals surface area contributed by atoms with E-state index in [1.165, 1.54) is 0 Å². The van der Waals surface area contributed by atoms with E-state index in [4.69, 9.17) is 0 Å². The molecule has 0 aliphatic heterocycles. The summed E-state index contributed by atoms with van der Waals surface area (Å²) in [5, 5.41) is 0. The van der Waals surface area contributed by atoms with Crippen molar-refractivity contribution < 1.29 is 2.90 Å².